The Hall–Kier alpha value is -1.59. The van der Waals surface area contributed by atoms with E-state index in [4.69, 9.17) is 14.5 Å². The Balaban J connectivity index is 2.57. The molecule has 1 saturated carbocycles. The molecular weight excluding hydrogens is 781 g/mol. The Morgan fingerprint density at radius 1 is 0.333 bits per heavy atom. The number of ether oxygens (including phenoxy) is 1. The standard InChI is InChI=1S/C57H108O6/c1-5-9-13-17-21-24-26-29-36-42-48-54(58)61-51-45-39-33-31-35-41-47-53-52(46-40-34-20-16-12-8-4)57(53,50-44-38-32-28-23-19-15-11-7-3)56(60)63-62-55(59)49-43-37-30-27-25-22-18-14-10-6-2/h52-53H,5-51H2,1-4H3. The molecule has 3 unspecified atom stereocenters. The lowest BCUT2D eigenvalue weighted by molar-refractivity contribution is -0.264. The maximum absolute atomic E-state index is 14.1. The molecule has 1 aliphatic carbocycles. The molecule has 0 aromatic rings. The van der Waals surface area contributed by atoms with E-state index in [1.54, 1.807) is 0 Å². The summed E-state index contributed by atoms with van der Waals surface area (Å²) in [4.78, 5) is 50.0. The SMILES string of the molecule is CCCCCCCCCCCCC(=O)OCCCCCCCCC1C(CCCCCCCC)C1(CCCCCCCCCCC)C(=O)OOC(=O)CCCCCCCCCCCC. The predicted molar refractivity (Wildman–Crippen MR) is 268 cm³/mol. The van der Waals surface area contributed by atoms with Gasteiger partial charge in [-0.1, -0.05) is 272 Å². The number of hydrogen-bond acceptors (Lipinski definition) is 6. The minimum absolute atomic E-state index is 0.0252. The average molecular weight is 889 g/mol. The van der Waals surface area contributed by atoms with E-state index < -0.39 is 11.4 Å². The molecule has 0 amide bonds. The van der Waals surface area contributed by atoms with Crippen LogP contribution < -0.4 is 0 Å². The van der Waals surface area contributed by atoms with Crippen molar-refractivity contribution >= 4 is 17.9 Å². The van der Waals surface area contributed by atoms with Gasteiger partial charge in [0.25, 0.3) is 0 Å². The Bertz CT molecular complexity index is 1030. The first-order chi connectivity index (χ1) is 31.0. The zero-order chi connectivity index (χ0) is 45.7. The Kier molecular flexibility index (Phi) is 41.7. The Labute approximate surface area is 392 Å². The van der Waals surface area contributed by atoms with Crippen molar-refractivity contribution in [3.8, 4) is 0 Å². The molecule has 1 aliphatic rings. The highest BCUT2D eigenvalue weighted by molar-refractivity contribution is 5.82. The molecule has 0 heterocycles. The molecule has 6 heteroatoms. The van der Waals surface area contributed by atoms with Crippen LogP contribution in [0.25, 0.3) is 0 Å². The van der Waals surface area contributed by atoms with Crippen LogP contribution >= 0.6 is 0 Å². The lowest BCUT2D eigenvalue weighted by Crippen LogP contribution is -2.25. The molecule has 1 rings (SSSR count). The summed E-state index contributed by atoms with van der Waals surface area (Å²) in [5, 5.41) is 0. The van der Waals surface area contributed by atoms with Crippen LogP contribution in [0.15, 0.2) is 0 Å². The molecule has 0 saturated heterocycles. The summed E-state index contributed by atoms with van der Waals surface area (Å²) in [5.74, 6) is -0.0224. The summed E-state index contributed by atoms with van der Waals surface area (Å²) in [7, 11) is 0. The molecule has 372 valence electrons. The van der Waals surface area contributed by atoms with Crippen molar-refractivity contribution in [1.29, 1.82) is 0 Å². The van der Waals surface area contributed by atoms with Crippen molar-refractivity contribution in [2.75, 3.05) is 6.61 Å². The van der Waals surface area contributed by atoms with Crippen molar-refractivity contribution in [2.45, 2.75) is 323 Å². The second kappa shape index (κ2) is 44.3. The lowest BCUT2D eigenvalue weighted by atomic mass is 9.91. The average Bonchev–Trinajstić information content (AvgIpc) is 3.91. The van der Waals surface area contributed by atoms with Crippen molar-refractivity contribution in [3.63, 3.8) is 0 Å². The summed E-state index contributed by atoms with van der Waals surface area (Å²) in [6.45, 7) is 9.61. The number of esters is 1. The molecule has 63 heavy (non-hydrogen) atoms. The maximum Gasteiger partial charge on any atom is 0.362 e. The number of hydrogen-bond donors (Lipinski definition) is 0. The zero-order valence-corrected chi connectivity index (χ0v) is 42.8. The molecule has 0 aliphatic heterocycles. The monoisotopic (exact) mass is 889 g/mol. The molecule has 0 bridgehead atoms. The second-order valence-corrected chi connectivity index (χ2v) is 20.2. The highest BCUT2D eigenvalue weighted by Crippen LogP contribution is 2.66. The quantitative estimate of drug-likeness (QED) is 0.0262. The lowest BCUT2D eigenvalue weighted by Gasteiger charge is -2.17. The van der Waals surface area contributed by atoms with Crippen molar-refractivity contribution < 1.29 is 28.9 Å². The normalized spacial score (nSPS) is 17.0. The minimum Gasteiger partial charge on any atom is -0.466 e. The first-order valence-corrected chi connectivity index (χ1v) is 28.5. The van der Waals surface area contributed by atoms with E-state index in [0.29, 0.717) is 31.3 Å². The van der Waals surface area contributed by atoms with E-state index in [1.165, 1.54) is 186 Å². The fourth-order valence-corrected chi connectivity index (χ4v) is 10.3. The van der Waals surface area contributed by atoms with Gasteiger partial charge in [-0.3, -0.25) is 4.79 Å². The summed E-state index contributed by atoms with van der Waals surface area (Å²) in [5.41, 5.74) is -0.500. The second-order valence-electron chi connectivity index (χ2n) is 20.2. The van der Waals surface area contributed by atoms with Gasteiger partial charge in [-0.15, -0.1) is 0 Å². The largest absolute Gasteiger partial charge is 0.466 e. The fourth-order valence-electron chi connectivity index (χ4n) is 10.3. The van der Waals surface area contributed by atoms with Gasteiger partial charge in [0.1, 0.15) is 0 Å². The van der Waals surface area contributed by atoms with Crippen molar-refractivity contribution in [3.05, 3.63) is 0 Å². The van der Waals surface area contributed by atoms with Gasteiger partial charge in [0.05, 0.1) is 18.4 Å². The topological polar surface area (TPSA) is 78.9 Å². The zero-order valence-electron chi connectivity index (χ0n) is 42.8. The van der Waals surface area contributed by atoms with Gasteiger partial charge in [0.15, 0.2) is 0 Å². The third-order valence-electron chi connectivity index (χ3n) is 14.5. The summed E-state index contributed by atoms with van der Waals surface area (Å²) >= 11 is 0. The van der Waals surface area contributed by atoms with Gasteiger partial charge in [0, 0.05) is 6.42 Å². The number of rotatable bonds is 49. The summed E-state index contributed by atoms with van der Waals surface area (Å²) < 4.78 is 5.55. The van der Waals surface area contributed by atoms with E-state index in [-0.39, 0.29) is 11.9 Å². The molecule has 0 aromatic heterocycles. The van der Waals surface area contributed by atoms with Crippen LogP contribution in [0.4, 0.5) is 0 Å². The third kappa shape index (κ3) is 32.7. The Morgan fingerprint density at radius 3 is 1.02 bits per heavy atom. The number of carbonyl (C=O) groups is 3. The number of unbranched alkanes of at least 4 members (excludes halogenated alkanes) is 36. The first-order valence-electron chi connectivity index (χ1n) is 28.5. The van der Waals surface area contributed by atoms with Crippen LogP contribution in [0.3, 0.4) is 0 Å². The van der Waals surface area contributed by atoms with Gasteiger partial charge < -0.3 is 4.74 Å². The van der Waals surface area contributed by atoms with Crippen LogP contribution in [-0.4, -0.2) is 24.5 Å². The summed E-state index contributed by atoms with van der Waals surface area (Å²) in [6.07, 6.45) is 54.3. The molecule has 0 N–H and O–H groups in total. The van der Waals surface area contributed by atoms with Gasteiger partial charge in [-0.2, -0.15) is 0 Å². The van der Waals surface area contributed by atoms with Crippen LogP contribution in [0.5, 0.6) is 0 Å². The molecule has 3 atom stereocenters. The van der Waals surface area contributed by atoms with E-state index in [1.807, 2.05) is 0 Å². The smallest absolute Gasteiger partial charge is 0.362 e. The van der Waals surface area contributed by atoms with E-state index in [9.17, 15) is 14.4 Å². The molecule has 1 fully saturated rings. The van der Waals surface area contributed by atoms with E-state index in [2.05, 4.69) is 27.7 Å². The van der Waals surface area contributed by atoms with Crippen molar-refractivity contribution in [2.24, 2.45) is 17.3 Å². The number of carbonyl (C=O) groups excluding carboxylic acids is 3. The van der Waals surface area contributed by atoms with Gasteiger partial charge in [-0.05, 0) is 50.4 Å². The maximum atomic E-state index is 14.1. The summed E-state index contributed by atoms with van der Waals surface area (Å²) in [6, 6.07) is 0. The third-order valence-corrected chi connectivity index (χ3v) is 14.5. The van der Waals surface area contributed by atoms with E-state index >= 15 is 0 Å². The van der Waals surface area contributed by atoms with Crippen molar-refractivity contribution in [1.82, 2.24) is 0 Å². The predicted octanol–water partition coefficient (Wildman–Crippen LogP) is 18.8. The van der Waals surface area contributed by atoms with Crippen LogP contribution in [-0.2, 0) is 28.9 Å². The molecule has 0 radical (unpaired) electrons. The molecule has 0 spiro atoms. The highest BCUT2D eigenvalue weighted by Gasteiger charge is 2.68. The van der Waals surface area contributed by atoms with E-state index in [0.717, 1.165) is 96.3 Å². The minimum atomic E-state index is -0.500. The first kappa shape index (κ1) is 59.4. The Morgan fingerprint density at radius 2 is 0.635 bits per heavy atom. The van der Waals surface area contributed by atoms with Gasteiger partial charge >= 0.3 is 17.9 Å². The van der Waals surface area contributed by atoms with Gasteiger partial charge in [-0.25, -0.2) is 19.4 Å². The molecular formula is C57H108O6. The van der Waals surface area contributed by atoms with Crippen LogP contribution in [0.2, 0.25) is 0 Å². The molecule has 6 nitrogen and oxygen atoms in total. The molecule has 0 aromatic carbocycles. The van der Waals surface area contributed by atoms with Gasteiger partial charge in [0.2, 0.25) is 0 Å². The fraction of sp³-hybridized carbons (Fsp3) is 0.947. The highest BCUT2D eigenvalue weighted by atomic mass is 17.2. The van der Waals surface area contributed by atoms with Crippen LogP contribution in [0, 0.1) is 17.3 Å². The van der Waals surface area contributed by atoms with Crippen LogP contribution in [0.1, 0.15) is 323 Å².